The number of aryl methyl sites for hydroxylation is 2. The summed E-state index contributed by atoms with van der Waals surface area (Å²) in [6, 6.07) is 0. The predicted molar refractivity (Wildman–Crippen MR) is 62.5 cm³/mol. The van der Waals surface area contributed by atoms with Crippen molar-refractivity contribution in [3.8, 4) is 0 Å². The fourth-order valence-electron chi connectivity index (χ4n) is 1.65. The number of nitrogens with one attached hydrogen (secondary N) is 1. The number of rotatable bonds is 4. The van der Waals surface area contributed by atoms with Crippen LogP contribution in [0.25, 0.3) is 0 Å². The summed E-state index contributed by atoms with van der Waals surface area (Å²) < 4.78 is 1.83. The lowest BCUT2D eigenvalue weighted by Crippen LogP contribution is -2.33. The highest BCUT2D eigenvalue weighted by Gasteiger charge is 2.41. The molecule has 1 heterocycles. The van der Waals surface area contributed by atoms with E-state index in [0.717, 1.165) is 35.8 Å². The van der Waals surface area contributed by atoms with Crippen molar-refractivity contribution in [2.24, 2.45) is 7.05 Å². The maximum absolute atomic E-state index is 6.15. The Bertz CT molecular complexity index is 369. The lowest BCUT2D eigenvalue weighted by molar-refractivity contribution is 0.522. The predicted octanol–water partition coefficient (Wildman–Crippen LogP) is 2.24. The van der Waals surface area contributed by atoms with Gasteiger partial charge in [0.1, 0.15) is 0 Å². The Morgan fingerprint density at radius 2 is 2.20 bits per heavy atom. The van der Waals surface area contributed by atoms with Gasteiger partial charge in [-0.25, -0.2) is 0 Å². The van der Waals surface area contributed by atoms with E-state index in [4.69, 9.17) is 23.2 Å². The average molecular weight is 248 g/mol. The van der Waals surface area contributed by atoms with Crippen LogP contribution in [0.15, 0.2) is 0 Å². The highest BCUT2D eigenvalue weighted by Crippen LogP contribution is 2.36. The number of hydrogen-bond donors (Lipinski definition) is 1. The van der Waals surface area contributed by atoms with Gasteiger partial charge in [0, 0.05) is 25.0 Å². The highest BCUT2D eigenvalue weighted by molar-refractivity contribution is 6.31. The third-order valence-corrected chi connectivity index (χ3v) is 4.01. The summed E-state index contributed by atoms with van der Waals surface area (Å²) in [4.78, 5) is 0. The minimum Gasteiger partial charge on any atom is -0.304 e. The van der Waals surface area contributed by atoms with Crippen LogP contribution < -0.4 is 5.32 Å². The number of halogens is 2. The maximum atomic E-state index is 6.15. The van der Waals surface area contributed by atoms with Crippen molar-refractivity contribution >= 4 is 23.2 Å². The summed E-state index contributed by atoms with van der Waals surface area (Å²) in [6.07, 6.45) is 2.32. The van der Waals surface area contributed by atoms with Crippen LogP contribution in [0.2, 0.25) is 5.02 Å². The largest absolute Gasteiger partial charge is 0.304 e. The van der Waals surface area contributed by atoms with Crippen molar-refractivity contribution in [1.29, 1.82) is 0 Å². The second kappa shape index (κ2) is 3.96. The lowest BCUT2D eigenvalue weighted by Gasteiger charge is -2.13. The van der Waals surface area contributed by atoms with E-state index in [0.29, 0.717) is 5.88 Å². The lowest BCUT2D eigenvalue weighted by atomic mass is 10.3. The van der Waals surface area contributed by atoms with Gasteiger partial charge in [-0.1, -0.05) is 11.6 Å². The minimum absolute atomic E-state index is 0.156. The van der Waals surface area contributed by atoms with Gasteiger partial charge in [0.25, 0.3) is 0 Å². The van der Waals surface area contributed by atoms with Crippen molar-refractivity contribution in [2.45, 2.75) is 31.8 Å². The summed E-state index contributed by atoms with van der Waals surface area (Å²) >= 11 is 12.0. The first-order valence-electron chi connectivity index (χ1n) is 5.07. The summed E-state index contributed by atoms with van der Waals surface area (Å²) in [7, 11) is 1.91. The normalized spacial score (nSPS) is 18.1. The molecule has 0 bridgehead atoms. The Hall–Kier alpha value is -0.250. The second-order valence-electron chi connectivity index (χ2n) is 4.24. The van der Waals surface area contributed by atoms with E-state index in [1.165, 1.54) is 0 Å². The summed E-state index contributed by atoms with van der Waals surface area (Å²) in [5, 5.41) is 8.48. The van der Waals surface area contributed by atoms with Crippen LogP contribution in [0.1, 0.15) is 24.2 Å². The van der Waals surface area contributed by atoms with E-state index in [9.17, 15) is 0 Å². The molecule has 5 heteroatoms. The van der Waals surface area contributed by atoms with Crippen molar-refractivity contribution in [1.82, 2.24) is 15.1 Å². The SMILES string of the molecule is Cc1nn(C)c(CNC2(CCl)CC2)c1Cl. The summed E-state index contributed by atoms with van der Waals surface area (Å²) in [6.45, 7) is 2.66. The number of alkyl halides is 1. The van der Waals surface area contributed by atoms with Gasteiger partial charge in [0.2, 0.25) is 0 Å². The zero-order chi connectivity index (χ0) is 11.1. The van der Waals surface area contributed by atoms with E-state index in [1.807, 2.05) is 18.7 Å². The number of hydrogen-bond acceptors (Lipinski definition) is 2. The quantitative estimate of drug-likeness (QED) is 0.828. The van der Waals surface area contributed by atoms with Crippen molar-refractivity contribution in [3.05, 3.63) is 16.4 Å². The molecule has 1 aromatic rings. The molecule has 0 aromatic carbocycles. The van der Waals surface area contributed by atoms with Gasteiger partial charge in [0.05, 0.1) is 16.4 Å². The van der Waals surface area contributed by atoms with Crippen LogP contribution in [0.3, 0.4) is 0 Å². The van der Waals surface area contributed by atoms with Gasteiger partial charge >= 0.3 is 0 Å². The van der Waals surface area contributed by atoms with Gasteiger partial charge in [0.15, 0.2) is 0 Å². The molecule has 1 saturated carbocycles. The fraction of sp³-hybridized carbons (Fsp3) is 0.700. The Balaban J connectivity index is 2.05. The molecule has 3 nitrogen and oxygen atoms in total. The molecular weight excluding hydrogens is 233 g/mol. The smallest absolute Gasteiger partial charge is 0.0860 e. The van der Waals surface area contributed by atoms with Gasteiger partial charge < -0.3 is 5.32 Å². The molecule has 0 amide bonds. The topological polar surface area (TPSA) is 29.9 Å². The molecule has 84 valence electrons. The first-order valence-corrected chi connectivity index (χ1v) is 5.98. The van der Waals surface area contributed by atoms with E-state index in [-0.39, 0.29) is 5.54 Å². The molecule has 15 heavy (non-hydrogen) atoms. The summed E-state index contributed by atoms with van der Waals surface area (Å²) in [5.74, 6) is 0.668. The molecule has 0 unspecified atom stereocenters. The van der Waals surface area contributed by atoms with Crippen molar-refractivity contribution in [3.63, 3.8) is 0 Å². The Morgan fingerprint density at radius 1 is 1.53 bits per heavy atom. The van der Waals surface area contributed by atoms with Crippen LogP contribution in [0.5, 0.6) is 0 Å². The molecule has 2 rings (SSSR count). The monoisotopic (exact) mass is 247 g/mol. The number of nitrogens with zero attached hydrogens (tertiary/aromatic N) is 2. The molecule has 1 fully saturated rings. The molecule has 0 aliphatic heterocycles. The van der Waals surface area contributed by atoms with Crippen LogP contribution in [-0.2, 0) is 13.6 Å². The standard InChI is InChI=1S/C10H15Cl2N3/c1-7-9(12)8(15(2)14-7)5-13-10(6-11)3-4-10/h13H,3-6H2,1-2H3. The maximum Gasteiger partial charge on any atom is 0.0860 e. The van der Waals surface area contributed by atoms with E-state index in [1.54, 1.807) is 0 Å². The van der Waals surface area contributed by atoms with Gasteiger partial charge in [-0.05, 0) is 19.8 Å². The van der Waals surface area contributed by atoms with Crippen molar-refractivity contribution < 1.29 is 0 Å². The second-order valence-corrected chi connectivity index (χ2v) is 4.88. The molecule has 0 radical (unpaired) electrons. The first kappa shape index (κ1) is 11.2. The van der Waals surface area contributed by atoms with Crippen LogP contribution in [0.4, 0.5) is 0 Å². The first-order chi connectivity index (χ1) is 7.08. The van der Waals surface area contributed by atoms with Crippen LogP contribution in [-0.4, -0.2) is 21.2 Å². The van der Waals surface area contributed by atoms with Crippen LogP contribution in [0, 0.1) is 6.92 Å². The molecular formula is C10H15Cl2N3. The molecule has 1 aromatic heterocycles. The molecule has 1 aliphatic rings. The van der Waals surface area contributed by atoms with Gasteiger partial charge in [-0.3, -0.25) is 4.68 Å². The fourth-order valence-corrected chi connectivity index (χ4v) is 2.24. The van der Waals surface area contributed by atoms with E-state index >= 15 is 0 Å². The zero-order valence-electron chi connectivity index (χ0n) is 8.98. The summed E-state index contributed by atoms with van der Waals surface area (Å²) in [5.41, 5.74) is 2.07. The van der Waals surface area contributed by atoms with Gasteiger partial charge in [-0.15, -0.1) is 11.6 Å². The van der Waals surface area contributed by atoms with Crippen LogP contribution >= 0.6 is 23.2 Å². The third-order valence-electron chi connectivity index (χ3n) is 3.00. The zero-order valence-corrected chi connectivity index (χ0v) is 10.5. The average Bonchev–Trinajstić information content (AvgIpc) is 2.93. The molecule has 0 atom stereocenters. The molecule has 1 aliphatic carbocycles. The molecule has 0 saturated heterocycles. The Kier molecular flexibility index (Phi) is 2.97. The highest BCUT2D eigenvalue weighted by atomic mass is 35.5. The van der Waals surface area contributed by atoms with E-state index in [2.05, 4.69) is 10.4 Å². The molecule has 1 N–H and O–H groups in total. The Morgan fingerprint density at radius 3 is 2.60 bits per heavy atom. The number of aromatic nitrogens is 2. The van der Waals surface area contributed by atoms with Gasteiger partial charge in [-0.2, -0.15) is 5.10 Å². The van der Waals surface area contributed by atoms with E-state index < -0.39 is 0 Å². The Labute approximate surface area is 99.7 Å². The minimum atomic E-state index is 0.156. The third kappa shape index (κ3) is 2.14. The molecule has 0 spiro atoms. The van der Waals surface area contributed by atoms with Crippen molar-refractivity contribution in [2.75, 3.05) is 5.88 Å².